The van der Waals surface area contributed by atoms with Crippen LogP contribution < -0.4 is 10.2 Å². The number of halogens is 2. The maximum Gasteiger partial charge on any atom is 0.228 e. The van der Waals surface area contributed by atoms with Crippen LogP contribution >= 0.6 is 0 Å². The third kappa shape index (κ3) is 3.64. The summed E-state index contributed by atoms with van der Waals surface area (Å²) in [5.41, 5.74) is -0.470. The predicted molar refractivity (Wildman–Crippen MR) is 97.4 cm³/mol. The minimum atomic E-state index is -0.837. The highest BCUT2D eigenvalue weighted by molar-refractivity contribution is 5.99. The molecule has 2 aliphatic rings. The third-order valence-electron chi connectivity index (χ3n) is 5.08. The lowest BCUT2D eigenvalue weighted by molar-refractivity contribution is -0.134. The van der Waals surface area contributed by atoms with Crippen molar-refractivity contribution in [2.75, 3.05) is 36.4 Å². The second kappa shape index (κ2) is 7.49. The van der Waals surface area contributed by atoms with Gasteiger partial charge in [-0.05, 0) is 24.6 Å². The van der Waals surface area contributed by atoms with Crippen LogP contribution in [0.25, 0.3) is 0 Å². The van der Waals surface area contributed by atoms with E-state index >= 15 is 0 Å². The normalized spacial score (nSPS) is 21.4. The first-order valence-corrected chi connectivity index (χ1v) is 9.10. The van der Waals surface area contributed by atoms with Crippen LogP contribution in [0.2, 0.25) is 0 Å². The van der Waals surface area contributed by atoms with Gasteiger partial charge in [0.05, 0.1) is 11.8 Å². The number of hydrogen-bond acceptors (Lipinski definition) is 5. The van der Waals surface area contributed by atoms with Gasteiger partial charge in [0.1, 0.15) is 17.3 Å². The summed E-state index contributed by atoms with van der Waals surface area (Å²) < 4.78 is 27.3. The molecule has 2 unspecified atom stereocenters. The first kappa shape index (κ1) is 18.3. The van der Waals surface area contributed by atoms with Crippen LogP contribution in [0.4, 0.5) is 20.4 Å². The van der Waals surface area contributed by atoms with Gasteiger partial charge in [-0.25, -0.2) is 18.7 Å². The van der Waals surface area contributed by atoms with Crippen LogP contribution in [0.3, 0.4) is 0 Å². The molecule has 7 nitrogen and oxygen atoms in total. The molecule has 4 rings (SSSR count). The van der Waals surface area contributed by atoms with E-state index in [1.54, 1.807) is 23.4 Å². The number of piperazine rings is 1. The summed E-state index contributed by atoms with van der Waals surface area (Å²) in [4.78, 5) is 37.1. The van der Waals surface area contributed by atoms with Gasteiger partial charge in [0.25, 0.3) is 0 Å². The van der Waals surface area contributed by atoms with Crippen LogP contribution in [-0.4, -0.2) is 52.9 Å². The van der Waals surface area contributed by atoms with Gasteiger partial charge in [-0.2, -0.15) is 0 Å². The average molecular weight is 387 g/mol. The van der Waals surface area contributed by atoms with E-state index in [1.165, 1.54) is 6.07 Å². The Kier molecular flexibility index (Phi) is 4.89. The Balaban J connectivity index is 1.31. The summed E-state index contributed by atoms with van der Waals surface area (Å²) in [7, 11) is 0. The van der Waals surface area contributed by atoms with Gasteiger partial charge in [0.15, 0.2) is 0 Å². The summed E-state index contributed by atoms with van der Waals surface area (Å²) in [6.07, 6.45) is 3.74. The third-order valence-corrected chi connectivity index (χ3v) is 5.08. The Morgan fingerprint density at radius 1 is 0.964 bits per heavy atom. The molecular weight excluding hydrogens is 368 g/mol. The molecule has 2 fully saturated rings. The van der Waals surface area contributed by atoms with E-state index in [0.717, 1.165) is 12.1 Å². The first-order chi connectivity index (χ1) is 13.5. The van der Waals surface area contributed by atoms with Crippen molar-refractivity contribution in [1.29, 1.82) is 0 Å². The van der Waals surface area contributed by atoms with E-state index in [0.29, 0.717) is 38.5 Å². The molecule has 1 saturated heterocycles. The largest absolute Gasteiger partial charge is 0.339 e. The number of nitrogens with zero attached hydrogens (tertiary/aromatic N) is 4. The van der Waals surface area contributed by atoms with Crippen molar-refractivity contribution >= 4 is 23.5 Å². The summed E-state index contributed by atoms with van der Waals surface area (Å²) in [6.45, 7) is 2.26. The fraction of sp³-hybridized carbons (Fsp3) is 0.368. The van der Waals surface area contributed by atoms with Crippen LogP contribution in [0.1, 0.15) is 6.42 Å². The second-order valence-corrected chi connectivity index (χ2v) is 6.90. The Hall–Kier alpha value is -3.10. The van der Waals surface area contributed by atoms with E-state index in [4.69, 9.17) is 0 Å². The number of amides is 2. The van der Waals surface area contributed by atoms with Crippen molar-refractivity contribution in [1.82, 2.24) is 14.9 Å². The van der Waals surface area contributed by atoms with E-state index < -0.39 is 35.1 Å². The highest BCUT2D eigenvalue weighted by Gasteiger charge is 2.50. The summed E-state index contributed by atoms with van der Waals surface area (Å²) in [6, 6.07) is 5.12. The lowest BCUT2D eigenvalue weighted by Crippen LogP contribution is -2.50. The minimum Gasteiger partial charge on any atom is -0.339 e. The van der Waals surface area contributed by atoms with Gasteiger partial charge in [-0.15, -0.1) is 0 Å². The topological polar surface area (TPSA) is 78.4 Å². The smallest absolute Gasteiger partial charge is 0.228 e. The fourth-order valence-electron chi connectivity index (χ4n) is 3.41. The monoisotopic (exact) mass is 387 g/mol. The Morgan fingerprint density at radius 2 is 1.61 bits per heavy atom. The van der Waals surface area contributed by atoms with Crippen molar-refractivity contribution in [3.8, 4) is 0 Å². The number of anilines is 2. The first-order valence-electron chi connectivity index (χ1n) is 9.10. The SMILES string of the molecule is O=C(Nc1c(F)cccc1F)C1CC1C(=O)N1CCN(c2ncccn2)CC1. The molecule has 2 aromatic rings. The van der Waals surface area contributed by atoms with Gasteiger partial charge in [0.2, 0.25) is 17.8 Å². The molecular formula is C19H19F2N5O2. The molecule has 0 bridgehead atoms. The lowest BCUT2D eigenvalue weighted by atomic mass is 10.2. The molecule has 2 atom stereocenters. The molecule has 1 aliphatic heterocycles. The van der Waals surface area contributed by atoms with Crippen molar-refractivity contribution in [3.63, 3.8) is 0 Å². The van der Waals surface area contributed by atoms with Crippen molar-refractivity contribution in [2.45, 2.75) is 6.42 Å². The quantitative estimate of drug-likeness (QED) is 0.864. The highest BCUT2D eigenvalue weighted by atomic mass is 19.1. The fourth-order valence-corrected chi connectivity index (χ4v) is 3.41. The van der Waals surface area contributed by atoms with Gasteiger partial charge in [0, 0.05) is 38.6 Å². The van der Waals surface area contributed by atoms with Crippen LogP contribution in [-0.2, 0) is 9.59 Å². The average Bonchev–Trinajstić information content (AvgIpc) is 3.52. The zero-order valence-electron chi connectivity index (χ0n) is 15.0. The summed E-state index contributed by atoms with van der Waals surface area (Å²) in [5.74, 6) is -2.66. The van der Waals surface area contributed by atoms with E-state index in [-0.39, 0.29) is 5.91 Å². The van der Waals surface area contributed by atoms with Crippen molar-refractivity contribution in [2.24, 2.45) is 11.8 Å². The zero-order valence-corrected chi connectivity index (χ0v) is 15.0. The molecule has 28 heavy (non-hydrogen) atoms. The van der Waals surface area contributed by atoms with Crippen LogP contribution in [0.15, 0.2) is 36.7 Å². The molecule has 1 aliphatic carbocycles. The number of nitrogens with one attached hydrogen (secondary N) is 1. The maximum atomic E-state index is 13.7. The number of aromatic nitrogens is 2. The lowest BCUT2D eigenvalue weighted by Gasteiger charge is -2.34. The van der Waals surface area contributed by atoms with Gasteiger partial charge in [-0.3, -0.25) is 9.59 Å². The minimum absolute atomic E-state index is 0.0946. The number of carbonyl (C=O) groups is 2. The number of rotatable bonds is 4. The zero-order chi connectivity index (χ0) is 19.7. The molecule has 1 aromatic heterocycles. The molecule has 0 radical (unpaired) electrons. The number of para-hydroxylation sites is 1. The molecule has 0 spiro atoms. The molecule has 2 heterocycles. The summed E-state index contributed by atoms with van der Waals surface area (Å²) in [5, 5.41) is 2.27. The highest BCUT2D eigenvalue weighted by Crippen LogP contribution is 2.41. The molecule has 1 aromatic carbocycles. The Bertz CT molecular complexity index is 867. The molecule has 9 heteroatoms. The van der Waals surface area contributed by atoms with Crippen LogP contribution in [0, 0.1) is 23.5 Å². The van der Waals surface area contributed by atoms with Gasteiger partial charge >= 0.3 is 0 Å². The Labute approximate surface area is 160 Å². The second-order valence-electron chi connectivity index (χ2n) is 6.90. The van der Waals surface area contributed by atoms with Crippen molar-refractivity contribution < 1.29 is 18.4 Å². The van der Waals surface area contributed by atoms with Gasteiger partial charge in [-0.1, -0.05) is 6.07 Å². The van der Waals surface area contributed by atoms with E-state index in [1.807, 2.05) is 4.90 Å². The molecule has 1 N–H and O–H groups in total. The van der Waals surface area contributed by atoms with E-state index in [9.17, 15) is 18.4 Å². The molecule has 2 amide bonds. The summed E-state index contributed by atoms with van der Waals surface area (Å²) >= 11 is 0. The van der Waals surface area contributed by atoms with Crippen LogP contribution in [0.5, 0.6) is 0 Å². The molecule has 146 valence electrons. The van der Waals surface area contributed by atoms with Gasteiger partial charge < -0.3 is 15.1 Å². The standard InChI is InChI=1S/C19H19F2N5O2/c20-14-3-1-4-15(21)16(14)24-17(27)12-11-13(12)18(28)25-7-9-26(10-8-25)19-22-5-2-6-23-19/h1-6,12-13H,7-11H2,(H,24,27). The Morgan fingerprint density at radius 3 is 2.25 bits per heavy atom. The molecule has 1 saturated carbocycles. The number of hydrogen-bond donors (Lipinski definition) is 1. The van der Waals surface area contributed by atoms with Crippen molar-refractivity contribution in [3.05, 3.63) is 48.3 Å². The maximum absolute atomic E-state index is 13.7. The number of benzene rings is 1. The van der Waals surface area contributed by atoms with E-state index in [2.05, 4.69) is 15.3 Å². The number of carbonyl (C=O) groups excluding carboxylic acids is 2. The predicted octanol–water partition coefficient (Wildman–Crippen LogP) is 1.68.